The molecule has 6 bridgehead atoms. The zero-order valence-electron chi connectivity index (χ0n) is 27.4. The molecule has 0 radical (unpaired) electrons. The number of morpholine rings is 1. The van der Waals surface area contributed by atoms with Crippen LogP contribution >= 0.6 is 0 Å². The average Bonchev–Trinajstić information content (AvgIpc) is 3.61. The van der Waals surface area contributed by atoms with Crippen molar-refractivity contribution in [2.45, 2.75) is 161 Å². The van der Waals surface area contributed by atoms with Gasteiger partial charge >= 0.3 is 6.09 Å². The number of piperazine rings is 2. The monoisotopic (exact) mass is 563 g/mol. The fraction of sp³-hybridized carbons (Fsp3) is 0.969. The van der Waals surface area contributed by atoms with E-state index in [9.17, 15) is 4.79 Å². The third kappa shape index (κ3) is 8.12. The van der Waals surface area contributed by atoms with E-state index in [0.29, 0.717) is 24.2 Å². The fourth-order valence-corrected chi connectivity index (χ4v) is 7.38. The maximum absolute atomic E-state index is 12.3. The third-order valence-electron chi connectivity index (χ3n) is 9.62. The van der Waals surface area contributed by atoms with Gasteiger partial charge in [-0.2, -0.15) is 0 Å². The van der Waals surface area contributed by atoms with Crippen LogP contribution in [-0.4, -0.2) is 125 Å². The summed E-state index contributed by atoms with van der Waals surface area (Å²) in [4.78, 5) is 22.0. The molecular formula is C32H61N5O3. The highest BCUT2D eigenvalue weighted by atomic mass is 16.6. The first-order valence-electron chi connectivity index (χ1n) is 16.2. The van der Waals surface area contributed by atoms with Gasteiger partial charge in [0, 0.05) is 80.6 Å². The molecule has 0 aliphatic carbocycles. The molecule has 232 valence electrons. The Balaban J connectivity index is 0.000000149. The molecule has 0 spiro atoms. The highest BCUT2D eigenvalue weighted by Crippen LogP contribution is 2.34. The van der Waals surface area contributed by atoms with E-state index >= 15 is 0 Å². The van der Waals surface area contributed by atoms with E-state index in [1.807, 2.05) is 25.7 Å². The number of nitrogens with one attached hydrogen (secondary N) is 1. The van der Waals surface area contributed by atoms with Crippen LogP contribution in [-0.2, 0) is 9.47 Å². The lowest BCUT2D eigenvalue weighted by molar-refractivity contribution is -0.0196. The Labute approximate surface area is 245 Å². The van der Waals surface area contributed by atoms with Crippen LogP contribution in [0.3, 0.4) is 0 Å². The number of amides is 1. The number of nitrogens with zero attached hydrogens (tertiary/aromatic N) is 4. The lowest BCUT2D eigenvalue weighted by Crippen LogP contribution is -2.60. The standard InChI is InChI=1S/C15H28N2O2.C9H18N2.C8H15NO/c1-14(2,3)16-9-11-7-8-12(10-16)17(11)13(18)19-15(4,5)6;1-7(2)11-5-8-3-4-9(6-11)10-8;1-6(2)9-4-8-3-7(9)5-10-8/h11-12H,7-10H2,1-6H3;7-10H,3-6H2,1-2H3;6-8H,3-5H2,1-2H3. The number of fused-ring (bicyclic) bond motifs is 6. The topological polar surface area (TPSA) is 60.5 Å². The predicted octanol–water partition coefficient (Wildman–Crippen LogP) is 4.57. The summed E-state index contributed by atoms with van der Waals surface area (Å²) >= 11 is 0. The van der Waals surface area contributed by atoms with Gasteiger partial charge in [0.1, 0.15) is 5.60 Å². The molecule has 6 saturated heterocycles. The number of likely N-dealkylation sites (tertiary alicyclic amines) is 3. The van der Waals surface area contributed by atoms with Gasteiger partial charge in [-0.15, -0.1) is 0 Å². The molecule has 6 unspecified atom stereocenters. The van der Waals surface area contributed by atoms with Gasteiger partial charge in [-0.05, 0) is 101 Å². The van der Waals surface area contributed by atoms with Crippen LogP contribution in [0.25, 0.3) is 0 Å². The van der Waals surface area contributed by atoms with Gasteiger partial charge in [-0.25, -0.2) is 4.79 Å². The minimum absolute atomic E-state index is 0.131. The first kappa shape index (κ1) is 32.0. The minimum Gasteiger partial charge on any atom is -0.444 e. The molecule has 6 rings (SSSR count). The quantitative estimate of drug-likeness (QED) is 0.528. The van der Waals surface area contributed by atoms with Gasteiger partial charge in [0.2, 0.25) is 0 Å². The molecule has 6 atom stereocenters. The van der Waals surface area contributed by atoms with E-state index in [2.05, 4.69) is 68.5 Å². The zero-order chi connectivity index (χ0) is 29.4. The number of carbonyl (C=O) groups is 1. The van der Waals surface area contributed by atoms with Crippen molar-refractivity contribution in [1.82, 2.24) is 24.9 Å². The molecule has 0 saturated carbocycles. The van der Waals surface area contributed by atoms with Crippen LogP contribution < -0.4 is 5.32 Å². The van der Waals surface area contributed by atoms with Crippen molar-refractivity contribution < 1.29 is 14.3 Å². The molecule has 8 nitrogen and oxygen atoms in total. The number of ether oxygens (including phenoxy) is 2. The Hall–Kier alpha value is -0.930. The van der Waals surface area contributed by atoms with Crippen LogP contribution in [0.2, 0.25) is 0 Å². The molecule has 6 heterocycles. The first-order chi connectivity index (χ1) is 18.6. The number of rotatable bonds is 2. The third-order valence-corrected chi connectivity index (χ3v) is 9.62. The molecule has 6 fully saturated rings. The minimum atomic E-state index is -0.405. The van der Waals surface area contributed by atoms with E-state index in [-0.39, 0.29) is 11.6 Å². The maximum atomic E-state index is 12.3. The van der Waals surface area contributed by atoms with Gasteiger partial charge < -0.3 is 14.8 Å². The predicted molar refractivity (Wildman–Crippen MR) is 163 cm³/mol. The summed E-state index contributed by atoms with van der Waals surface area (Å²) in [5.74, 6) is 0. The van der Waals surface area contributed by atoms with E-state index in [0.717, 1.165) is 56.7 Å². The normalized spacial score (nSPS) is 34.1. The van der Waals surface area contributed by atoms with Crippen molar-refractivity contribution >= 4 is 6.09 Å². The Morgan fingerprint density at radius 2 is 1.38 bits per heavy atom. The van der Waals surface area contributed by atoms with E-state index < -0.39 is 5.60 Å². The second-order valence-electron chi connectivity index (χ2n) is 15.7. The smallest absolute Gasteiger partial charge is 0.410 e. The van der Waals surface area contributed by atoms with Gasteiger partial charge in [-0.3, -0.25) is 19.6 Å². The van der Waals surface area contributed by atoms with Crippen LogP contribution in [0.1, 0.15) is 101 Å². The number of hydrogen-bond donors (Lipinski definition) is 1. The molecular weight excluding hydrogens is 502 g/mol. The van der Waals surface area contributed by atoms with E-state index in [4.69, 9.17) is 9.47 Å². The second kappa shape index (κ2) is 12.7. The lowest BCUT2D eigenvalue weighted by Gasteiger charge is -2.46. The Morgan fingerprint density at radius 1 is 0.800 bits per heavy atom. The first-order valence-corrected chi connectivity index (χ1v) is 16.2. The van der Waals surface area contributed by atoms with Crippen molar-refractivity contribution in [2.24, 2.45) is 0 Å². The zero-order valence-corrected chi connectivity index (χ0v) is 27.4. The number of hydrogen-bond acceptors (Lipinski definition) is 7. The van der Waals surface area contributed by atoms with Gasteiger partial charge in [0.05, 0.1) is 12.7 Å². The largest absolute Gasteiger partial charge is 0.444 e. The SMILES string of the molecule is CC(C)(C)OC(=O)N1C2CCC1CN(C(C)(C)C)C2.CC(C)N1CC2CC1CO2.CC(C)N1CC2CCC(C1)N2. The van der Waals surface area contributed by atoms with Gasteiger partial charge in [0.15, 0.2) is 0 Å². The summed E-state index contributed by atoms with van der Waals surface area (Å²) in [6, 6.07) is 4.44. The summed E-state index contributed by atoms with van der Waals surface area (Å²) in [5, 5.41) is 3.63. The van der Waals surface area contributed by atoms with Crippen LogP contribution in [0.15, 0.2) is 0 Å². The highest BCUT2D eigenvalue weighted by molar-refractivity contribution is 5.69. The van der Waals surface area contributed by atoms with Crippen molar-refractivity contribution in [2.75, 3.05) is 39.3 Å². The number of carbonyl (C=O) groups excluding carboxylic acids is 1. The summed E-state index contributed by atoms with van der Waals surface area (Å²) < 4.78 is 11.0. The summed E-state index contributed by atoms with van der Waals surface area (Å²) in [6.07, 6.45) is 6.72. The van der Waals surface area contributed by atoms with Crippen LogP contribution in [0.5, 0.6) is 0 Å². The molecule has 0 aromatic rings. The van der Waals surface area contributed by atoms with Gasteiger partial charge in [-0.1, -0.05) is 0 Å². The van der Waals surface area contributed by atoms with Crippen molar-refractivity contribution in [3.63, 3.8) is 0 Å². The summed E-state index contributed by atoms with van der Waals surface area (Å²) in [6.45, 7) is 28.3. The molecule has 8 heteroatoms. The molecule has 1 amide bonds. The molecule has 6 aliphatic rings. The van der Waals surface area contributed by atoms with Crippen molar-refractivity contribution in [1.29, 1.82) is 0 Å². The van der Waals surface area contributed by atoms with Gasteiger partial charge in [0.25, 0.3) is 0 Å². The summed E-state index contributed by atoms with van der Waals surface area (Å²) in [7, 11) is 0. The van der Waals surface area contributed by atoms with Crippen LogP contribution in [0.4, 0.5) is 4.79 Å². The molecule has 0 aromatic carbocycles. The fourth-order valence-electron chi connectivity index (χ4n) is 7.38. The molecule has 40 heavy (non-hydrogen) atoms. The molecule has 0 aromatic heterocycles. The molecule has 6 aliphatic heterocycles. The lowest BCUT2D eigenvalue weighted by atomic mass is 10.0. The maximum Gasteiger partial charge on any atom is 0.410 e. The Morgan fingerprint density at radius 3 is 1.75 bits per heavy atom. The summed E-state index contributed by atoms with van der Waals surface area (Å²) in [5.41, 5.74) is -0.224. The van der Waals surface area contributed by atoms with Crippen molar-refractivity contribution in [3.05, 3.63) is 0 Å². The van der Waals surface area contributed by atoms with Crippen LogP contribution in [0, 0.1) is 0 Å². The Bertz CT molecular complexity index is 811. The van der Waals surface area contributed by atoms with E-state index in [1.165, 1.54) is 38.9 Å². The second-order valence-corrected chi connectivity index (χ2v) is 15.7. The van der Waals surface area contributed by atoms with Crippen molar-refractivity contribution in [3.8, 4) is 0 Å². The molecule has 1 N–H and O–H groups in total. The highest BCUT2D eigenvalue weighted by Gasteiger charge is 2.46. The average molecular weight is 564 g/mol. The van der Waals surface area contributed by atoms with E-state index in [1.54, 1.807) is 0 Å². The Kier molecular flexibility index (Phi) is 10.2.